The van der Waals surface area contributed by atoms with Crippen molar-refractivity contribution in [2.75, 3.05) is 0 Å². The van der Waals surface area contributed by atoms with Crippen LogP contribution in [0.25, 0.3) is 0 Å². The second-order valence-corrected chi connectivity index (χ2v) is 3.30. The van der Waals surface area contributed by atoms with Gasteiger partial charge in [-0.15, -0.1) is 0 Å². The molecule has 0 aromatic rings. The smallest absolute Gasteiger partial charge is 0.222 e. The second-order valence-electron chi connectivity index (χ2n) is 3.30. The molecule has 0 saturated carbocycles. The Morgan fingerprint density at radius 2 is 2.00 bits per heavy atom. The topological polar surface area (TPSA) is 29.1 Å². The summed E-state index contributed by atoms with van der Waals surface area (Å²) in [7, 11) is 0. The first-order chi connectivity index (χ1) is 5.20. The van der Waals surface area contributed by atoms with E-state index >= 15 is 0 Å². The molecule has 1 N–H and O–H groups in total. The highest BCUT2D eigenvalue weighted by Gasteiger charge is 2.14. The van der Waals surface area contributed by atoms with Gasteiger partial charge in [-0.3, -0.25) is 4.79 Å². The molecule has 0 radical (unpaired) electrons. The Labute approximate surface area is 67.7 Å². The third-order valence-corrected chi connectivity index (χ3v) is 1.88. The van der Waals surface area contributed by atoms with Gasteiger partial charge in [0.05, 0.1) is 0 Å². The van der Waals surface area contributed by atoms with E-state index in [1.807, 2.05) is 13.8 Å². The highest BCUT2D eigenvalue weighted by molar-refractivity contribution is 5.78. The van der Waals surface area contributed by atoms with E-state index in [0.29, 0.717) is 6.04 Å². The molecule has 0 saturated heterocycles. The third-order valence-electron chi connectivity index (χ3n) is 1.88. The van der Waals surface area contributed by atoms with E-state index < -0.39 is 0 Å². The molecular weight excluding hydrogens is 138 g/mol. The van der Waals surface area contributed by atoms with Crippen molar-refractivity contribution in [3.63, 3.8) is 0 Å². The summed E-state index contributed by atoms with van der Waals surface area (Å²) in [4.78, 5) is 11.2. The maximum Gasteiger partial charge on any atom is 0.222 e. The maximum absolute atomic E-state index is 11.2. The van der Waals surface area contributed by atoms with Gasteiger partial charge in [0.2, 0.25) is 5.91 Å². The maximum atomic E-state index is 11.2. The molecule has 1 aliphatic carbocycles. The van der Waals surface area contributed by atoms with Gasteiger partial charge in [0.15, 0.2) is 0 Å². The first-order valence-corrected chi connectivity index (χ1v) is 4.15. The molecule has 0 fully saturated rings. The normalized spacial score (nSPS) is 17.7. The van der Waals surface area contributed by atoms with Crippen molar-refractivity contribution in [2.45, 2.75) is 32.7 Å². The van der Waals surface area contributed by atoms with Crippen molar-refractivity contribution in [3.05, 3.63) is 12.2 Å². The van der Waals surface area contributed by atoms with Gasteiger partial charge in [0.1, 0.15) is 0 Å². The van der Waals surface area contributed by atoms with E-state index in [1.54, 1.807) is 0 Å². The van der Waals surface area contributed by atoms with E-state index in [-0.39, 0.29) is 11.8 Å². The summed E-state index contributed by atoms with van der Waals surface area (Å²) >= 11 is 0. The SMILES string of the molecule is CC(C)C(=O)NC1CC=CC1. The first-order valence-electron chi connectivity index (χ1n) is 4.15. The minimum absolute atomic E-state index is 0.107. The quantitative estimate of drug-likeness (QED) is 0.598. The highest BCUT2D eigenvalue weighted by Crippen LogP contribution is 2.09. The summed E-state index contributed by atoms with van der Waals surface area (Å²) in [6.45, 7) is 3.83. The number of nitrogens with one attached hydrogen (secondary N) is 1. The molecule has 0 unspecified atom stereocenters. The fraction of sp³-hybridized carbons (Fsp3) is 0.667. The molecule has 2 nitrogen and oxygen atoms in total. The predicted octanol–water partition coefficient (Wildman–Crippen LogP) is 1.48. The van der Waals surface area contributed by atoms with E-state index in [4.69, 9.17) is 0 Å². The monoisotopic (exact) mass is 153 g/mol. The molecule has 1 rings (SSSR count). The van der Waals surface area contributed by atoms with Gasteiger partial charge in [0.25, 0.3) is 0 Å². The van der Waals surface area contributed by atoms with Crippen molar-refractivity contribution >= 4 is 5.91 Å². The minimum atomic E-state index is 0.107. The van der Waals surface area contributed by atoms with Crippen LogP contribution in [-0.2, 0) is 4.79 Å². The number of carbonyl (C=O) groups excluding carboxylic acids is 1. The molecule has 11 heavy (non-hydrogen) atoms. The fourth-order valence-corrected chi connectivity index (χ4v) is 1.10. The molecule has 1 amide bonds. The van der Waals surface area contributed by atoms with E-state index in [0.717, 1.165) is 12.8 Å². The molecule has 1 aliphatic rings. The molecular formula is C9H15NO. The van der Waals surface area contributed by atoms with Crippen LogP contribution in [-0.4, -0.2) is 11.9 Å². The van der Waals surface area contributed by atoms with Gasteiger partial charge in [-0.2, -0.15) is 0 Å². The predicted molar refractivity (Wildman–Crippen MR) is 45.1 cm³/mol. The summed E-state index contributed by atoms with van der Waals surface area (Å²) < 4.78 is 0. The Bertz CT molecular complexity index is 164. The third kappa shape index (κ3) is 2.37. The van der Waals surface area contributed by atoms with Crippen molar-refractivity contribution in [1.29, 1.82) is 0 Å². The van der Waals surface area contributed by atoms with Gasteiger partial charge < -0.3 is 5.32 Å². The zero-order chi connectivity index (χ0) is 8.27. The Kier molecular flexibility index (Phi) is 2.69. The summed E-state index contributed by atoms with van der Waals surface area (Å²) in [6, 6.07) is 0.366. The molecule has 0 atom stereocenters. The van der Waals surface area contributed by atoms with Crippen LogP contribution >= 0.6 is 0 Å². The standard InChI is InChI=1S/C9H15NO/c1-7(2)9(11)10-8-5-3-4-6-8/h3-4,7-8H,5-6H2,1-2H3,(H,10,11). The van der Waals surface area contributed by atoms with Crippen molar-refractivity contribution < 1.29 is 4.79 Å². The average Bonchev–Trinajstić information content (AvgIpc) is 2.39. The molecule has 2 heteroatoms. The van der Waals surface area contributed by atoms with E-state index in [1.165, 1.54) is 0 Å². The lowest BCUT2D eigenvalue weighted by atomic mass is 10.1. The largest absolute Gasteiger partial charge is 0.353 e. The summed E-state index contributed by atoms with van der Waals surface area (Å²) in [6.07, 6.45) is 6.23. The number of rotatable bonds is 2. The average molecular weight is 153 g/mol. The molecule has 62 valence electrons. The van der Waals surface area contributed by atoms with Crippen molar-refractivity contribution in [2.24, 2.45) is 5.92 Å². The lowest BCUT2D eigenvalue weighted by Crippen LogP contribution is -2.35. The molecule has 0 bridgehead atoms. The number of hydrogen-bond donors (Lipinski definition) is 1. The van der Waals surface area contributed by atoms with E-state index in [2.05, 4.69) is 17.5 Å². The van der Waals surface area contributed by atoms with Crippen LogP contribution < -0.4 is 5.32 Å². The van der Waals surface area contributed by atoms with Gasteiger partial charge >= 0.3 is 0 Å². The van der Waals surface area contributed by atoms with Gasteiger partial charge in [0, 0.05) is 12.0 Å². The van der Waals surface area contributed by atoms with Crippen molar-refractivity contribution in [1.82, 2.24) is 5.32 Å². The first kappa shape index (κ1) is 8.31. The summed E-state index contributed by atoms with van der Waals surface area (Å²) in [5, 5.41) is 2.98. The fourth-order valence-electron chi connectivity index (χ4n) is 1.10. The number of carbonyl (C=O) groups is 1. The molecule has 0 spiro atoms. The zero-order valence-electron chi connectivity index (χ0n) is 7.13. The molecule has 0 aromatic carbocycles. The van der Waals surface area contributed by atoms with Crippen LogP contribution in [0, 0.1) is 5.92 Å². The number of amides is 1. The van der Waals surface area contributed by atoms with Crippen molar-refractivity contribution in [3.8, 4) is 0 Å². The zero-order valence-corrected chi connectivity index (χ0v) is 7.13. The summed E-state index contributed by atoms with van der Waals surface area (Å²) in [5.74, 6) is 0.272. The Hall–Kier alpha value is -0.790. The van der Waals surface area contributed by atoms with Crippen LogP contribution in [0.5, 0.6) is 0 Å². The van der Waals surface area contributed by atoms with Crippen LogP contribution in [0.3, 0.4) is 0 Å². The lowest BCUT2D eigenvalue weighted by molar-refractivity contribution is -0.124. The van der Waals surface area contributed by atoms with Crippen LogP contribution in [0.15, 0.2) is 12.2 Å². The van der Waals surface area contributed by atoms with Gasteiger partial charge in [-0.1, -0.05) is 26.0 Å². The van der Waals surface area contributed by atoms with Crippen LogP contribution in [0.2, 0.25) is 0 Å². The lowest BCUT2D eigenvalue weighted by Gasteiger charge is -2.13. The second kappa shape index (κ2) is 3.56. The minimum Gasteiger partial charge on any atom is -0.353 e. The van der Waals surface area contributed by atoms with Crippen LogP contribution in [0.4, 0.5) is 0 Å². The Morgan fingerprint density at radius 3 is 2.45 bits per heavy atom. The number of hydrogen-bond acceptors (Lipinski definition) is 1. The Morgan fingerprint density at radius 1 is 1.45 bits per heavy atom. The molecule has 0 aromatic heterocycles. The highest BCUT2D eigenvalue weighted by atomic mass is 16.1. The van der Waals surface area contributed by atoms with Gasteiger partial charge in [-0.25, -0.2) is 0 Å². The Balaban J connectivity index is 2.25. The van der Waals surface area contributed by atoms with Gasteiger partial charge in [-0.05, 0) is 12.8 Å². The molecule has 0 heterocycles. The molecule has 0 aliphatic heterocycles. The van der Waals surface area contributed by atoms with E-state index in [9.17, 15) is 4.79 Å². The summed E-state index contributed by atoms with van der Waals surface area (Å²) in [5.41, 5.74) is 0. The van der Waals surface area contributed by atoms with Crippen LogP contribution in [0.1, 0.15) is 26.7 Å².